The normalized spacial score (nSPS) is 10.2. The number of carbonyl (C=O) groups is 1. The van der Waals surface area contributed by atoms with Gasteiger partial charge in [-0.25, -0.2) is 14.2 Å². The Morgan fingerprint density at radius 1 is 1.32 bits per heavy atom. The molecule has 0 saturated heterocycles. The molecular weight excluding hydrogens is 273 g/mol. The molecule has 0 fully saturated rings. The van der Waals surface area contributed by atoms with E-state index in [0.29, 0.717) is 5.69 Å². The summed E-state index contributed by atoms with van der Waals surface area (Å²) in [7, 11) is 0. The van der Waals surface area contributed by atoms with Gasteiger partial charge in [0.05, 0.1) is 10.7 Å². The Labute approximate surface area is 113 Å². The van der Waals surface area contributed by atoms with Crippen LogP contribution in [0.1, 0.15) is 16.2 Å². The number of aromatic nitrogens is 1. The standard InChI is InChI=1S/C13H9ClFNO3/c14-9-4-2-6-11(12(9)15)19-7-8-3-1-5-10(16-8)13(17)18/h1-6H,7H2,(H,17,18). The Hall–Kier alpha value is -2.14. The van der Waals surface area contributed by atoms with E-state index in [1.807, 2.05) is 0 Å². The number of benzene rings is 1. The smallest absolute Gasteiger partial charge is 0.354 e. The van der Waals surface area contributed by atoms with Crippen LogP contribution >= 0.6 is 11.6 Å². The molecule has 0 radical (unpaired) electrons. The van der Waals surface area contributed by atoms with Crippen LogP contribution in [-0.4, -0.2) is 16.1 Å². The second-order valence-corrected chi connectivity index (χ2v) is 4.07. The molecule has 4 nitrogen and oxygen atoms in total. The van der Waals surface area contributed by atoms with Crippen LogP contribution in [0.5, 0.6) is 5.75 Å². The van der Waals surface area contributed by atoms with Gasteiger partial charge in [0.2, 0.25) is 0 Å². The monoisotopic (exact) mass is 281 g/mol. The topological polar surface area (TPSA) is 59.4 Å². The lowest BCUT2D eigenvalue weighted by molar-refractivity contribution is 0.0690. The van der Waals surface area contributed by atoms with Gasteiger partial charge in [-0.1, -0.05) is 23.7 Å². The molecule has 0 saturated carbocycles. The predicted molar refractivity (Wildman–Crippen MR) is 66.9 cm³/mol. The number of halogens is 2. The van der Waals surface area contributed by atoms with Gasteiger partial charge in [-0.05, 0) is 24.3 Å². The molecule has 0 atom stereocenters. The van der Waals surface area contributed by atoms with E-state index in [4.69, 9.17) is 21.4 Å². The molecule has 1 aromatic heterocycles. The molecule has 1 aromatic carbocycles. The van der Waals surface area contributed by atoms with Crippen molar-refractivity contribution < 1.29 is 19.0 Å². The van der Waals surface area contributed by atoms with Crippen LogP contribution in [0.25, 0.3) is 0 Å². The molecule has 98 valence electrons. The summed E-state index contributed by atoms with van der Waals surface area (Å²) in [4.78, 5) is 14.6. The number of pyridine rings is 1. The lowest BCUT2D eigenvalue weighted by Crippen LogP contribution is -2.05. The van der Waals surface area contributed by atoms with E-state index in [1.54, 1.807) is 18.2 Å². The zero-order chi connectivity index (χ0) is 13.8. The molecule has 0 aliphatic rings. The summed E-state index contributed by atoms with van der Waals surface area (Å²) < 4.78 is 18.8. The zero-order valence-corrected chi connectivity index (χ0v) is 10.4. The third-order valence-electron chi connectivity index (χ3n) is 2.32. The van der Waals surface area contributed by atoms with Crippen molar-refractivity contribution in [3.05, 3.63) is 58.6 Å². The summed E-state index contributed by atoms with van der Waals surface area (Å²) in [6, 6.07) is 8.90. The number of rotatable bonds is 4. The minimum absolute atomic E-state index is 0.00460. The van der Waals surface area contributed by atoms with E-state index in [0.717, 1.165) is 0 Å². The van der Waals surface area contributed by atoms with Gasteiger partial charge in [0.15, 0.2) is 11.6 Å². The molecule has 19 heavy (non-hydrogen) atoms. The molecule has 0 aliphatic heterocycles. The van der Waals surface area contributed by atoms with Crippen LogP contribution in [0, 0.1) is 5.82 Å². The van der Waals surface area contributed by atoms with E-state index in [2.05, 4.69) is 4.98 Å². The second kappa shape index (κ2) is 5.67. The highest BCUT2D eigenvalue weighted by Crippen LogP contribution is 2.24. The first-order chi connectivity index (χ1) is 9.08. The van der Waals surface area contributed by atoms with Gasteiger partial charge in [-0.3, -0.25) is 0 Å². The highest BCUT2D eigenvalue weighted by Gasteiger charge is 2.09. The van der Waals surface area contributed by atoms with Gasteiger partial charge < -0.3 is 9.84 Å². The predicted octanol–water partition coefficient (Wildman–Crippen LogP) is 3.15. The van der Waals surface area contributed by atoms with Crippen LogP contribution in [-0.2, 0) is 6.61 Å². The molecule has 2 aromatic rings. The maximum absolute atomic E-state index is 13.5. The van der Waals surface area contributed by atoms with Gasteiger partial charge in [-0.15, -0.1) is 0 Å². The van der Waals surface area contributed by atoms with Crippen LogP contribution < -0.4 is 4.74 Å². The molecule has 1 heterocycles. The van der Waals surface area contributed by atoms with Gasteiger partial charge >= 0.3 is 5.97 Å². The number of carboxylic acid groups (broad SMARTS) is 1. The minimum atomic E-state index is -1.13. The Balaban J connectivity index is 2.12. The summed E-state index contributed by atoms with van der Waals surface area (Å²) in [5, 5.41) is 8.76. The number of hydrogen-bond acceptors (Lipinski definition) is 3. The fraction of sp³-hybridized carbons (Fsp3) is 0.0769. The Bertz CT molecular complexity index is 619. The van der Waals surface area contributed by atoms with E-state index in [1.165, 1.54) is 18.2 Å². The van der Waals surface area contributed by atoms with E-state index >= 15 is 0 Å². The average molecular weight is 282 g/mol. The van der Waals surface area contributed by atoms with Crippen molar-refractivity contribution in [2.24, 2.45) is 0 Å². The highest BCUT2D eigenvalue weighted by molar-refractivity contribution is 6.30. The SMILES string of the molecule is O=C(O)c1cccc(COc2cccc(Cl)c2F)n1. The molecule has 6 heteroatoms. The number of aromatic carboxylic acids is 1. The second-order valence-electron chi connectivity index (χ2n) is 3.66. The maximum atomic E-state index is 13.5. The van der Waals surface area contributed by atoms with Crippen LogP contribution in [0.4, 0.5) is 4.39 Å². The van der Waals surface area contributed by atoms with Crippen LogP contribution in [0.3, 0.4) is 0 Å². The van der Waals surface area contributed by atoms with E-state index in [9.17, 15) is 9.18 Å². The Kier molecular flexibility index (Phi) is 3.97. The van der Waals surface area contributed by atoms with Gasteiger partial charge in [-0.2, -0.15) is 0 Å². The van der Waals surface area contributed by atoms with Crippen LogP contribution in [0.15, 0.2) is 36.4 Å². The van der Waals surface area contributed by atoms with Crippen molar-refractivity contribution in [1.29, 1.82) is 0 Å². The average Bonchev–Trinajstić information content (AvgIpc) is 2.41. The van der Waals surface area contributed by atoms with Crippen molar-refractivity contribution >= 4 is 17.6 Å². The first kappa shape index (κ1) is 13.3. The third kappa shape index (κ3) is 3.20. The molecule has 0 bridgehead atoms. The van der Waals surface area contributed by atoms with Gasteiger partial charge in [0.25, 0.3) is 0 Å². The molecule has 0 spiro atoms. The number of carboxylic acids is 1. The summed E-state index contributed by atoms with van der Waals surface area (Å²) in [5.41, 5.74) is 0.298. The van der Waals surface area contributed by atoms with Gasteiger partial charge in [0.1, 0.15) is 12.3 Å². The Morgan fingerprint density at radius 2 is 2.05 bits per heavy atom. The third-order valence-corrected chi connectivity index (χ3v) is 2.61. The van der Waals surface area contributed by atoms with Crippen molar-refractivity contribution in [3.63, 3.8) is 0 Å². The minimum Gasteiger partial charge on any atom is -0.484 e. The molecular formula is C13H9ClFNO3. The van der Waals surface area contributed by atoms with E-state index in [-0.39, 0.29) is 23.1 Å². The fourth-order valence-corrected chi connectivity index (χ4v) is 1.59. The molecule has 0 amide bonds. The number of hydrogen-bond donors (Lipinski definition) is 1. The van der Waals surface area contributed by atoms with Crippen LogP contribution in [0.2, 0.25) is 5.02 Å². The molecule has 0 unspecified atom stereocenters. The lowest BCUT2D eigenvalue weighted by Gasteiger charge is -2.07. The van der Waals surface area contributed by atoms with E-state index < -0.39 is 11.8 Å². The number of nitrogens with zero attached hydrogens (tertiary/aromatic N) is 1. The quantitative estimate of drug-likeness (QED) is 0.935. The molecule has 0 aliphatic carbocycles. The van der Waals surface area contributed by atoms with Crippen molar-refractivity contribution in [2.75, 3.05) is 0 Å². The zero-order valence-electron chi connectivity index (χ0n) is 9.64. The van der Waals surface area contributed by atoms with Crippen molar-refractivity contribution in [2.45, 2.75) is 6.61 Å². The molecule has 2 rings (SSSR count). The summed E-state index contributed by atoms with van der Waals surface area (Å²) in [5.74, 6) is -1.79. The van der Waals surface area contributed by atoms with Crippen molar-refractivity contribution in [3.8, 4) is 5.75 Å². The Morgan fingerprint density at radius 3 is 2.79 bits per heavy atom. The summed E-state index contributed by atoms with van der Waals surface area (Å²) in [6.45, 7) is -0.0433. The molecule has 1 N–H and O–H groups in total. The first-order valence-electron chi connectivity index (χ1n) is 5.34. The maximum Gasteiger partial charge on any atom is 0.354 e. The highest BCUT2D eigenvalue weighted by atomic mass is 35.5. The van der Waals surface area contributed by atoms with Crippen molar-refractivity contribution in [1.82, 2.24) is 4.98 Å². The van der Waals surface area contributed by atoms with Gasteiger partial charge in [0, 0.05) is 0 Å². The summed E-state index contributed by atoms with van der Waals surface area (Å²) >= 11 is 5.61. The fourth-order valence-electron chi connectivity index (χ4n) is 1.43. The number of ether oxygens (including phenoxy) is 1. The first-order valence-corrected chi connectivity index (χ1v) is 5.72. The summed E-state index contributed by atoms with van der Waals surface area (Å²) in [6.07, 6.45) is 0. The lowest BCUT2D eigenvalue weighted by atomic mass is 10.3. The largest absolute Gasteiger partial charge is 0.484 e.